The number of hydrogen-bond donors (Lipinski definition) is 2. The summed E-state index contributed by atoms with van der Waals surface area (Å²) < 4.78 is 7.01. The van der Waals surface area contributed by atoms with Crippen molar-refractivity contribution in [1.82, 2.24) is 30.3 Å². The first kappa shape index (κ1) is 22.5. The quantitative estimate of drug-likeness (QED) is 0.514. The number of guanidine groups is 1. The number of aliphatic imine (C=N–C) groups is 1. The molecule has 0 radical (unpaired) electrons. The van der Waals surface area contributed by atoms with E-state index in [1.807, 2.05) is 23.4 Å². The van der Waals surface area contributed by atoms with Crippen molar-refractivity contribution >= 4 is 11.9 Å². The third kappa shape index (κ3) is 6.42. The molecule has 1 aliphatic heterocycles. The summed E-state index contributed by atoms with van der Waals surface area (Å²) in [5.74, 6) is 2.78. The maximum absolute atomic E-state index is 12.2. The lowest BCUT2D eigenvalue weighted by atomic mass is 9.95. The number of aryl methyl sites for hydroxylation is 1. The smallest absolute Gasteiger partial charge is 0.224 e. The zero-order chi connectivity index (χ0) is 21.3. The first-order valence-corrected chi connectivity index (χ1v) is 11.3. The number of methoxy groups -OCH3 is 1. The van der Waals surface area contributed by atoms with Crippen LogP contribution < -0.4 is 10.6 Å². The number of nitrogens with zero attached hydrogens (tertiary/aromatic N) is 5. The molecule has 0 atom stereocenters. The van der Waals surface area contributed by atoms with Crippen LogP contribution in [0.25, 0.3) is 0 Å². The topological polar surface area (TPSA) is 96.7 Å². The predicted octanol–water partition coefficient (Wildman–Crippen LogP) is 1.52. The normalized spacial score (nSPS) is 19.2. The van der Waals surface area contributed by atoms with E-state index in [-0.39, 0.29) is 5.91 Å². The first-order chi connectivity index (χ1) is 14.6. The fraction of sp³-hybridized carbons (Fsp3) is 0.810. The lowest BCUT2D eigenvalue weighted by Gasteiger charge is -2.34. The fourth-order valence-corrected chi connectivity index (χ4v) is 4.13. The molecule has 1 amide bonds. The Morgan fingerprint density at radius 2 is 1.77 bits per heavy atom. The summed E-state index contributed by atoms with van der Waals surface area (Å²) in [4.78, 5) is 19.0. The number of likely N-dealkylation sites (tertiary alicyclic amines) is 1. The van der Waals surface area contributed by atoms with E-state index in [9.17, 15) is 4.79 Å². The molecule has 1 aliphatic carbocycles. The number of carbonyl (C=O) groups is 1. The van der Waals surface area contributed by atoms with E-state index in [1.165, 1.54) is 32.1 Å². The van der Waals surface area contributed by atoms with Crippen molar-refractivity contribution < 1.29 is 9.53 Å². The highest BCUT2D eigenvalue weighted by molar-refractivity contribution is 5.80. The first-order valence-electron chi connectivity index (χ1n) is 11.3. The Hall–Kier alpha value is -2.16. The Balaban J connectivity index is 1.57. The zero-order valence-electron chi connectivity index (χ0n) is 18.7. The van der Waals surface area contributed by atoms with E-state index in [0.717, 1.165) is 43.5 Å². The molecule has 1 aromatic rings. The van der Waals surface area contributed by atoms with E-state index >= 15 is 0 Å². The van der Waals surface area contributed by atoms with Crippen LogP contribution in [0, 0.1) is 6.92 Å². The molecule has 0 aromatic carbocycles. The van der Waals surface area contributed by atoms with Gasteiger partial charge in [0.1, 0.15) is 12.4 Å². The number of hydrogen-bond acceptors (Lipinski definition) is 5. The molecule has 168 valence electrons. The predicted molar refractivity (Wildman–Crippen MR) is 116 cm³/mol. The Bertz CT molecular complexity index is 704. The highest BCUT2D eigenvalue weighted by Crippen LogP contribution is 2.18. The van der Waals surface area contributed by atoms with Gasteiger partial charge in [-0.15, -0.1) is 10.2 Å². The minimum Gasteiger partial charge on any atom is -0.384 e. The molecule has 0 spiro atoms. The standard InChI is InChI=1S/C21H37N7O2/c1-16-25-26-19(27(16)2)15-22-21(23-17-7-5-4-6-8-17)24-18-9-12-28(13-10-18)20(29)11-14-30-3/h17-18H,4-15H2,1-3H3,(H2,22,23,24). The molecule has 1 saturated carbocycles. The molecule has 2 N–H and O–H groups in total. The largest absolute Gasteiger partial charge is 0.384 e. The molecular weight excluding hydrogens is 382 g/mol. The van der Waals surface area contributed by atoms with Gasteiger partial charge in [-0.1, -0.05) is 19.3 Å². The Labute approximate surface area is 179 Å². The average Bonchev–Trinajstić information content (AvgIpc) is 3.09. The van der Waals surface area contributed by atoms with E-state index in [4.69, 9.17) is 9.73 Å². The van der Waals surface area contributed by atoms with Crippen LogP contribution in [0.5, 0.6) is 0 Å². The molecule has 1 aromatic heterocycles. The second kappa shape index (κ2) is 11.3. The number of ether oxygens (including phenoxy) is 1. The summed E-state index contributed by atoms with van der Waals surface area (Å²) in [7, 11) is 3.60. The van der Waals surface area contributed by atoms with Crippen LogP contribution in [0.4, 0.5) is 0 Å². The van der Waals surface area contributed by atoms with Gasteiger partial charge in [-0.3, -0.25) is 4.79 Å². The van der Waals surface area contributed by atoms with Gasteiger partial charge in [-0.2, -0.15) is 0 Å². The summed E-state index contributed by atoms with van der Waals surface area (Å²) in [6.07, 6.45) is 8.56. The van der Waals surface area contributed by atoms with Crippen molar-refractivity contribution in [3.63, 3.8) is 0 Å². The lowest BCUT2D eigenvalue weighted by Crippen LogP contribution is -2.52. The summed E-state index contributed by atoms with van der Waals surface area (Å²) in [5.41, 5.74) is 0. The average molecular weight is 420 g/mol. The number of carbonyl (C=O) groups excluding carboxylic acids is 1. The fourth-order valence-electron chi connectivity index (χ4n) is 4.13. The summed E-state index contributed by atoms with van der Waals surface area (Å²) in [6, 6.07) is 0.787. The van der Waals surface area contributed by atoms with Crippen molar-refractivity contribution in [3.05, 3.63) is 11.6 Å². The van der Waals surface area contributed by atoms with Crippen molar-refractivity contribution in [2.24, 2.45) is 12.0 Å². The molecule has 30 heavy (non-hydrogen) atoms. The molecule has 3 rings (SSSR count). The summed E-state index contributed by atoms with van der Waals surface area (Å²) in [5, 5.41) is 15.6. The number of amides is 1. The second-order valence-electron chi connectivity index (χ2n) is 8.41. The van der Waals surface area contributed by atoms with Crippen LogP contribution in [-0.4, -0.2) is 70.4 Å². The van der Waals surface area contributed by atoms with Gasteiger partial charge in [-0.25, -0.2) is 4.99 Å². The van der Waals surface area contributed by atoms with E-state index in [0.29, 0.717) is 31.7 Å². The highest BCUT2D eigenvalue weighted by Gasteiger charge is 2.24. The minimum absolute atomic E-state index is 0.183. The van der Waals surface area contributed by atoms with Crippen molar-refractivity contribution in [2.45, 2.75) is 76.9 Å². The Morgan fingerprint density at radius 1 is 1.10 bits per heavy atom. The molecule has 9 nitrogen and oxygen atoms in total. The number of piperidine rings is 1. The SMILES string of the molecule is COCCC(=O)N1CCC(NC(=NCc2nnc(C)n2C)NC2CCCCC2)CC1. The van der Waals surface area contributed by atoms with Gasteiger partial charge >= 0.3 is 0 Å². The zero-order valence-corrected chi connectivity index (χ0v) is 18.7. The third-order valence-corrected chi connectivity index (χ3v) is 6.22. The van der Waals surface area contributed by atoms with Crippen LogP contribution in [0.15, 0.2) is 4.99 Å². The number of nitrogens with one attached hydrogen (secondary N) is 2. The molecule has 2 heterocycles. The van der Waals surface area contributed by atoms with E-state index in [1.54, 1.807) is 7.11 Å². The van der Waals surface area contributed by atoms with E-state index in [2.05, 4.69) is 20.8 Å². The van der Waals surface area contributed by atoms with Crippen molar-refractivity contribution in [1.29, 1.82) is 0 Å². The minimum atomic E-state index is 0.183. The maximum atomic E-state index is 12.2. The number of aromatic nitrogens is 3. The summed E-state index contributed by atoms with van der Waals surface area (Å²) >= 11 is 0. The third-order valence-electron chi connectivity index (χ3n) is 6.22. The van der Waals surface area contributed by atoms with Crippen molar-refractivity contribution in [2.75, 3.05) is 26.8 Å². The maximum Gasteiger partial charge on any atom is 0.224 e. The molecule has 1 saturated heterocycles. The molecule has 0 unspecified atom stereocenters. The van der Waals surface area contributed by atoms with Gasteiger partial charge in [0.25, 0.3) is 0 Å². The monoisotopic (exact) mass is 419 g/mol. The van der Waals surface area contributed by atoms with Gasteiger partial charge in [0.2, 0.25) is 5.91 Å². The Morgan fingerprint density at radius 3 is 2.37 bits per heavy atom. The molecule has 2 aliphatic rings. The number of rotatable bonds is 7. The summed E-state index contributed by atoms with van der Waals surface area (Å²) in [6.45, 7) is 4.48. The van der Waals surface area contributed by atoms with Gasteiger partial charge < -0.3 is 24.8 Å². The molecular formula is C21H37N7O2. The van der Waals surface area contributed by atoms with Crippen molar-refractivity contribution in [3.8, 4) is 0 Å². The highest BCUT2D eigenvalue weighted by atomic mass is 16.5. The Kier molecular flexibility index (Phi) is 8.48. The van der Waals surface area contributed by atoms with Gasteiger partial charge in [0, 0.05) is 39.3 Å². The molecule has 9 heteroatoms. The van der Waals surface area contributed by atoms with Crippen LogP contribution in [0.3, 0.4) is 0 Å². The lowest BCUT2D eigenvalue weighted by molar-refractivity contribution is -0.133. The van der Waals surface area contributed by atoms with Crippen LogP contribution in [-0.2, 0) is 23.1 Å². The molecule has 2 fully saturated rings. The van der Waals surface area contributed by atoms with Crippen LogP contribution in [0.1, 0.15) is 63.0 Å². The van der Waals surface area contributed by atoms with Gasteiger partial charge in [0.05, 0.1) is 13.0 Å². The van der Waals surface area contributed by atoms with Crippen LogP contribution >= 0.6 is 0 Å². The van der Waals surface area contributed by atoms with Gasteiger partial charge in [-0.05, 0) is 32.6 Å². The van der Waals surface area contributed by atoms with E-state index < -0.39 is 0 Å². The van der Waals surface area contributed by atoms with Crippen LogP contribution in [0.2, 0.25) is 0 Å². The van der Waals surface area contributed by atoms with Gasteiger partial charge in [0.15, 0.2) is 11.8 Å². The second-order valence-corrected chi connectivity index (χ2v) is 8.41. The molecule has 0 bridgehead atoms.